The van der Waals surface area contributed by atoms with Gasteiger partial charge in [-0.25, -0.2) is 4.98 Å². The van der Waals surface area contributed by atoms with Gasteiger partial charge in [-0.15, -0.1) is 0 Å². The summed E-state index contributed by atoms with van der Waals surface area (Å²) in [5.41, 5.74) is 10.5. The number of anilines is 1. The van der Waals surface area contributed by atoms with Crippen LogP contribution < -0.4 is 5.73 Å². The van der Waals surface area contributed by atoms with Crippen LogP contribution in [-0.2, 0) is 6.42 Å². The van der Waals surface area contributed by atoms with Crippen LogP contribution in [0.25, 0.3) is 22.3 Å². The van der Waals surface area contributed by atoms with Crippen LogP contribution in [0.4, 0.5) is 11.5 Å². The zero-order valence-electron chi connectivity index (χ0n) is 14.8. The first-order valence-electron chi connectivity index (χ1n) is 8.80. The van der Waals surface area contributed by atoms with Crippen molar-refractivity contribution in [2.45, 2.75) is 19.3 Å². The summed E-state index contributed by atoms with van der Waals surface area (Å²) in [4.78, 5) is 26.9. The van der Waals surface area contributed by atoms with E-state index in [1.54, 1.807) is 6.20 Å². The van der Waals surface area contributed by atoms with E-state index in [-0.39, 0.29) is 11.5 Å². The van der Waals surface area contributed by atoms with E-state index < -0.39 is 4.92 Å². The quantitative estimate of drug-likeness (QED) is 0.494. The third-order valence-corrected chi connectivity index (χ3v) is 5.29. The van der Waals surface area contributed by atoms with Gasteiger partial charge in [0.2, 0.25) is 0 Å². The molecule has 0 radical (unpaired) electrons. The molecule has 1 aliphatic carbocycles. The minimum absolute atomic E-state index is 0.0509. The summed E-state index contributed by atoms with van der Waals surface area (Å²) in [6, 6.07) is 11.8. The van der Waals surface area contributed by atoms with E-state index in [4.69, 9.17) is 17.3 Å². The van der Waals surface area contributed by atoms with Crippen LogP contribution in [-0.4, -0.2) is 15.7 Å². The normalized spacial score (nSPS) is 13.2. The third-order valence-electron chi connectivity index (χ3n) is 4.96. The number of aromatic nitrogens is 1. The number of pyridine rings is 1. The lowest BCUT2D eigenvalue weighted by atomic mass is 9.88. The average molecular weight is 394 g/mol. The minimum Gasteiger partial charge on any atom is -0.383 e. The van der Waals surface area contributed by atoms with Crippen molar-refractivity contribution < 1.29 is 9.72 Å². The lowest BCUT2D eigenvalue weighted by molar-refractivity contribution is -0.384. The van der Waals surface area contributed by atoms with E-state index in [9.17, 15) is 14.9 Å². The second-order valence-corrected chi connectivity index (χ2v) is 7.13. The highest BCUT2D eigenvalue weighted by molar-refractivity contribution is 6.33. The number of aryl methyl sites for hydroxylation is 1. The number of ketones is 1. The van der Waals surface area contributed by atoms with Crippen LogP contribution in [0, 0.1) is 10.1 Å². The topological polar surface area (TPSA) is 99.1 Å². The second-order valence-electron chi connectivity index (χ2n) is 6.73. The zero-order chi connectivity index (χ0) is 19.8. The Labute approximate surface area is 166 Å². The predicted molar refractivity (Wildman–Crippen MR) is 108 cm³/mol. The number of hydrogen-bond donors (Lipinski definition) is 1. The number of carbonyl (C=O) groups excluding carboxylic acids is 1. The molecular weight excluding hydrogens is 378 g/mol. The monoisotopic (exact) mass is 393 g/mol. The van der Waals surface area contributed by atoms with Gasteiger partial charge < -0.3 is 5.73 Å². The molecule has 2 N–H and O–H groups in total. The zero-order valence-corrected chi connectivity index (χ0v) is 15.6. The van der Waals surface area contributed by atoms with Gasteiger partial charge in [-0.3, -0.25) is 14.9 Å². The maximum Gasteiger partial charge on any atom is 0.270 e. The number of nitro groups is 1. The fraction of sp³-hybridized carbons (Fsp3) is 0.143. The molecule has 0 spiro atoms. The van der Waals surface area contributed by atoms with Crippen molar-refractivity contribution in [1.82, 2.24) is 4.98 Å². The van der Waals surface area contributed by atoms with Gasteiger partial charge in [0, 0.05) is 52.0 Å². The Bertz CT molecular complexity index is 1130. The molecular formula is C21H16ClN3O3. The van der Waals surface area contributed by atoms with Gasteiger partial charge in [-0.2, -0.15) is 0 Å². The first-order chi connectivity index (χ1) is 13.4. The smallest absolute Gasteiger partial charge is 0.270 e. The summed E-state index contributed by atoms with van der Waals surface area (Å²) in [7, 11) is 0. The van der Waals surface area contributed by atoms with E-state index in [1.165, 1.54) is 18.2 Å². The maximum absolute atomic E-state index is 12.1. The molecule has 0 fully saturated rings. The van der Waals surface area contributed by atoms with E-state index in [2.05, 4.69) is 4.98 Å². The summed E-state index contributed by atoms with van der Waals surface area (Å²) < 4.78 is 0. The highest BCUT2D eigenvalue weighted by Gasteiger charge is 2.19. The molecule has 0 saturated carbocycles. The Morgan fingerprint density at radius 3 is 2.61 bits per heavy atom. The molecule has 0 saturated heterocycles. The molecule has 1 aliphatic rings. The van der Waals surface area contributed by atoms with Crippen molar-refractivity contribution in [2.75, 3.05) is 5.73 Å². The summed E-state index contributed by atoms with van der Waals surface area (Å²) in [5.74, 6) is 0.503. The number of nitrogens with two attached hydrogens (primary N) is 1. The van der Waals surface area contributed by atoms with Crippen LogP contribution in [0.2, 0.25) is 5.02 Å². The maximum atomic E-state index is 12.1. The molecule has 3 aromatic rings. The van der Waals surface area contributed by atoms with E-state index >= 15 is 0 Å². The summed E-state index contributed by atoms with van der Waals surface area (Å²) in [5, 5.41) is 11.5. The van der Waals surface area contributed by atoms with Crippen LogP contribution in [0.5, 0.6) is 0 Å². The molecule has 0 bridgehead atoms. The first-order valence-corrected chi connectivity index (χ1v) is 9.18. The van der Waals surface area contributed by atoms with Gasteiger partial charge in [0.05, 0.1) is 4.92 Å². The molecule has 1 aromatic heterocycles. The molecule has 2 aromatic carbocycles. The number of fused-ring (bicyclic) bond motifs is 1. The molecule has 28 heavy (non-hydrogen) atoms. The Balaban J connectivity index is 1.82. The van der Waals surface area contributed by atoms with Gasteiger partial charge >= 0.3 is 0 Å². The summed E-state index contributed by atoms with van der Waals surface area (Å²) in [6.45, 7) is 0. The number of benzene rings is 2. The Kier molecular flexibility index (Phi) is 4.57. The SMILES string of the molecule is Nc1ncc(-c2cc([N+](=O)[O-])ccc2Cl)cc1-c1ccc2c(c1)CCCC2=O. The van der Waals surface area contributed by atoms with Crippen molar-refractivity contribution in [3.8, 4) is 22.3 Å². The molecule has 6 nitrogen and oxygen atoms in total. The Morgan fingerprint density at radius 2 is 1.82 bits per heavy atom. The second kappa shape index (κ2) is 7.05. The minimum atomic E-state index is -0.466. The van der Waals surface area contributed by atoms with Gasteiger partial charge in [-0.05, 0) is 36.1 Å². The Hall–Kier alpha value is -3.25. The van der Waals surface area contributed by atoms with Crippen molar-refractivity contribution in [2.24, 2.45) is 0 Å². The largest absolute Gasteiger partial charge is 0.383 e. The van der Waals surface area contributed by atoms with Crippen LogP contribution in [0.1, 0.15) is 28.8 Å². The third kappa shape index (κ3) is 3.23. The number of nitro benzene ring substituents is 1. The molecule has 0 amide bonds. The van der Waals surface area contributed by atoms with Gasteiger partial charge in [0.1, 0.15) is 5.82 Å². The molecule has 140 valence electrons. The molecule has 0 atom stereocenters. The van der Waals surface area contributed by atoms with Crippen molar-refractivity contribution >= 4 is 28.9 Å². The number of nitrogens with zero attached hydrogens (tertiary/aromatic N) is 2. The highest BCUT2D eigenvalue weighted by Crippen LogP contribution is 2.36. The number of hydrogen-bond acceptors (Lipinski definition) is 5. The summed E-state index contributed by atoms with van der Waals surface area (Å²) >= 11 is 6.27. The molecule has 0 aliphatic heterocycles. The molecule has 7 heteroatoms. The van der Waals surface area contributed by atoms with Gasteiger partial charge in [0.15, 0.2) is 5.78 Å². The van der Waals surface area contributed by atoms with Crippen molar-refractivity contribution in [3.63, 3.8) is 0 Å². The highest BCUT2D eigenvalue weighted by atomic mass is 35.5. The van der Waals surface area contributed by atoms with Gasteiger partial charge in [0.25, 0.3) is 5.69 Å². The number of rotatable bonds is 3. The van der Waals surface area contributed by atoms with Crippen LogP contribution in [0.15, 0.2) is 48.7 Å². The fourth-order valence-electron chi connectivity index (χ4n) is 3.52. The lowest BCUT2D eigenvalue weighted by Gasteiger charge is -2.16. The van der Waals surface area contributed by atoms with E-state index in [0.717, 1.165) is 29.5 Å². The van der Waals surface area contributed by atoms with E-state index in [0.29, 0.717) is 34.0 Å². The van der Waals surface area contributed by atoms with Crippen LogP contribution in [0.3, 0.4) is 0 Å². The van der Waals surface area contributed by atoms with Crippen molar-refractivity contribution in [1.29, 1.82) is 0 Å². The lowest BCUT2D eigenvalue weighted by Crippen LogP contribution is -2.10. The molecule has 4 rings (SSSR count). The predicted octanol–water partition coefficient (Wildman–Crippen LogP) is 5.08. The molecule has 0 unspecified atom stereocenters. The summed E-state index contributed by atoms with van der Waals surface area (Å²) in [6.07, 6.45) is 3.81. The number of nitrogen functional groups attached to an aromatic ring is 1. The number of carbonyl (C=O) groups is 1. The number of halogens is 1. The van der Waals surface area contributed by atoms with Crippen molar-refractivity contribution in [3.05, 3.63) is 74.9 Å². The number of non-ortho nitro benzene ring substituents is 1. The van der Waals surface area contributed by atoms with Crippen LogP contribution >= 0.6 is 11.6 Å². The standard InChI is InChI=1S/C21H16ClN3O3/c22-19-7-5-15(25(27)28)10-17(19)14-9-18(21(23)24-11-14)13-4-6-16-12(8-13)2-1-3-20(16)26/h4-11H,1-3H2,(H2,23,24). The Morgan fingerprint density at radius 1 is 1.00 bits per heavy atom. The first kappa shape index (κ1) is 18.1. The van der Waals surface area contributed by atoms with E-state index in [1.807, 2.05) is 24.3 Å². The number of Topliss-reactive ketones (excluding diaryl/α,β-unsaturated/α-hetero) is 1. The average Bonchev–Trinajstić information content (AvgIpc) is 2.68. The fourth-order valence-corrected chi connectivity index (χ4v) is 3.74. The molecule has 1 heterocycles. The van der Waals surface area contributed by atoms with Gasteiger partial charge in [-0.1, -0.05) is 29.8 Å².